The van der Waals surface area contributed by atoms with Crippen molar-refractivity contribution in [2.24, 2.45) is 0 Å². The van der Waals surface area contributed by atoms with Crippen LogP contribution in [0.15, 0.2) is 24.3 Å². The predicted octanol–water partition coefficient (Wildman–Crippen LogP) is 5.01. The molecule has 0 fully saturated rings. The summed E-state index contributed by atoms with van der Waals surface area (Å²) < 4.78 is 0. The highest BCUT2D eigenvalue weighted by atomic mass is 28.3. The number of rotatable bonds is 5. The van der Waals surface area contributed by atoms with E-state index in [9.17, 15) is 0 Å². The molecule has 0 aliphatic carbocycles. The molecular formula is C15H26Si. The van der Waals surface area contributed by atoms with Gasteiger partial charge in [-0.05, 0) is 29.5 Å². The van der Waals surface area contributed by atoms with Gasteiger partial charge in [-0.2, -0.15) is 0 Å². The van der Waals surface area contributed by atoms with Gasteiger partial charge in [0.05, 0.1) is 8.07 Å². The van der Waals surface area contributed by atoms with Gasteiger partial charge in [0.1, 0.15) is 0 Å². The summed E-state index contributed by atoms with van der Waals surface area (Å²) in [5.74, 6) is 0. The molecule has 0 aliphatic rings. The maximum absolute atomic E-state index is 2.45. The lowest BCUT2D eigenvalue weighted by Crippen LogP contribution is -2.28. The van der Waals surface area contributed by atoms with Gasteiger partial charge in [0, 0.05) is 0 Å². The summed E-state index contributed by atoms with van der Waals surface area (Å²) >= 11 is 0. The van der Waals surface area contributed by atoms with E-state index in [1.165, 1.54) is 30.4 Å². The van der Waals surface area contributed by atoms with Crippen LogP contribution in [0.5, 0.6) is 0 Å². The summed E-state index contributed by atoms with van der Waals surface area (Å²) in [5.41, 5.74) is 3.78. The van der Waals surface area contributed by atoms with Crippen LogP contribution in [0.1, 0.15) is 43.4 Å². The van der Waals surface area contributed by atoms with Crippen molar-refractivity contribution in [3.63, 3.8) is 0 Å². The highest BCUT2D eigenvalue weighted by molar-refractivity contribution is 6.77. The van der Waals surface area contributed by atoms with Crippen LogP contribution in [0.2, 0.25) is 19.6 Å². The smallest absolute Gasteiger partial charge is 0.0517 e. The van der Waals surface area contributed by atoms with Gasteiger partial charge in [0.2, 0.25) is 0 Å². The minimum absolute atomic E-state index is 0.757. The number of aryl methyl sites for hydroxylation is 1. The quantitative estimate of drug-likeness (QED) is 0.628. The summed E-state index contributed by atoms with van der Waals surface area (Å²) in [6.45, 7) is 12.0. The molecule has 0 saturated carbocycles. The summed E-state index contributed by atoms with van der Waals surface area (Å²) in [4.78, 5) is 0. The molecule has 0 nitrogen and oxygen atoms in total. The SMILES string of the molecule is CCCCc1ccc(C(C)[Si](C)(C)C)cc1. The van der Waals surface area contributed by atoms with E-state index in [-0.39, 0.29) is 0 Å². The average Bonchev–Trinajstić information content (AvgIpc) is 2.25. The molecule has 90 valence electrons. The van der Waals surface area contributed by atoms with Crippen LogP contribution >= 0.6 is 0 Å². The summed E-state index contributed by atoms with van der Waals surface area (Å²) in [6, 6.07) is 9.32. The molecule has 0 amide bonds. The van der Waals surface area contributed by atoms with Crippen molar-refractivity contribution >= 4 is 8.07 Å². The molecule has 1 aromatic rings. The molecule has 0 N–H and O–H groups in total. The first-order valence-corrected chi connectivity index (χ1v) is 10.1. The average molecular weight is 234 g/mol. The normalized spacial score (nSPS) is 13.8. The van der Waals surface area contributed by atoms with Crippen molar-refractivity contribution in [3.05, 3.63) is 35.4 Å². The van der Waals surface area contributed by atoms with Gasteiger partial charge in [-0.1, -0.05) is 64.2 Å². The van der Waals surface area contributed by atoms with Crippen molar-refractivity contribution in [1.29, 1.82) is 0 Å². The van der Waals surface area contributed by atoms with Crippen LogP contribution in [0.4, 0.5) is 0 Å². The molecule has 1 heteroatoms. The number of unbranched alkanes of at least 4 members (excludes halogenated alkanes) is 1. The molecule has 1 aromatic carbocycles. The van der Waals surface area contributed by atoms with Gasteiger partial charge in [0.15, 0.2) is 0 Å². The van der Waals surface area contributed by atoms with E-state index in [0.29, 0.717) is 0 Å². The Labute approximate surface area is 102 Å². The molecule has 0 aromatic heterocycles. The van der Waals surface area contributed by atoms with E-state index in [1.54, 1.807) is 0 Å². The molecule has 1 rings (SSSR count). The van der Waals surface area contributed by atoms with Crippen LogP contribution in [-0.4, -0.2) is 8.07 Å². The molecule has 1 atom stereocenters. The summed E-state index contributed by atoms with van der Waals surface area (Å²) in [5, 5.41) is 0. The van der Waals surface area contributed by atoms with Crippen molar-refractivity contribution in [2.45, 2.75) is 58.3 Å². The molecule has 0 saturated heterocycles. The molecular weight excluding hydrogens is 208 g/mol. The van der Waals surface area contributed by atoms with Gasteiger partial charge in [-0.25, -0.2) is 0 Å². The minimum Gasteiger partial charge on any atom is -0.0691 e. The van der Waals surface area contributed by atoms with Crippen LogP contribution in [0.25, 0.3) is 0 Å². The van der Waals surface area contributed by atoms with Crippen LogP contribution in [-0.2, 0) is 6.42 Å². The van der Waals surface area contributed by atoms with Gasteiger partial charge < -0.3 is 0 Å². The summed E-state index contributed by atoms with van der Waals surface area (Å²) in [6.07, 6.45) is 3.83. The largest absolute Gasteiger partial charge is 0.0691 e. The van der Waals surface area contributed by atoms with Crippen molar-refractivity contribution in [3.8, 4) is 0 Å². The maximum atomic E-state index is 2.45. The van der Waals surface area contributed by atoms with Crippen LogP contribution < -0.4 is 0 Å². The first kappa shape index (κ1) is 13.5. The van der Waals surface area contributed by atoms with E-state index in [0.717, 1.165) is 5.54 Å². The number of hydrogen-bond donors (Lipinski definition) is 0. The molecule has 0 spiro atoms. The van der Waals surface area contributed by atoms with E-state index in [4.69, 9.17) is 0 Å². The van der Waals surface area contributed by atoms with Crippen molar-refractivity contribution in [1.82, 2.24) is 0 Å². The highest BCUT2D eigenvalue weighted by Crippen LogP contribution is 2.26. The predicted molar refractivity (Wildman–Crippen MR) is 76.8 cm³/mol. The van der Waals surface area contributed by atoms with Gasteiger partial charge in [-0.15, -0.1) is 0 Å². The van der Waals surface area contributed by atoms with Crippen LogP contribution in [0, 0.1) is 0 Å². The summed E-state index contributed by atoms with van der Waals surface area (Å²) in [7, 11) is -1.04. The van der Waals surface area contributed by atoms with E-state index < -0.39 is 8.07 Å². The highest BCUT2D eigenvalue weighted by Gasteiger charge is 2.23. The zero-order chi connectivity index (χ0) is 12.2. The Bertz CT molecular complexity index is 305. The molecule has 0 bridgehead atoms. The van der Waals surface area contributed by atoms with Crippen molar-refractivity contribution < 1.29 is 0 Å². The lowest BCUT2D eigenvalue weighted by Gasteiger charge is -2.25. The second kappa shape index (κ2) is 5.67. The first-order valence-electron chi connectivity index (χ1n) is 6.54. The Morgan fingerprint density at radius 2 is 1.62 bits per heavy atom. The fourth-order valence-electron chi connectivity index (χ4n) is 1.85. The van der Waals surface area contributed by atoms with E-state index in [1.807, 2.05) is 0 Å². The second-order valence-electron chi connectivity index (χ2n) is 5.93. The fraction of sp³-hybridized carbons (Fsp3) is 0.600. The number of hydrogen-bond acceptors (Lipinski definition) is 0. The van der Waals surface area contributed by atoms with E-state index in [2.05, 4.69) is 57.8 Å². The van der Waals surface area contributed by atoms with E-state index >= 15 is 0 Å². The van der Waals surface area contributed by atoms with Crippen molar-refractivity contribution in [2.75, 3.05) is 0 Å². The second-order valence-corrected chi connectivity index (χ2v) is 11.5. The number of benzene rings is 1. The Hall–Kier alpha value is -0.563. The monoisotopic (exact) mass is 234 g/mol. The van der Waals surface area contributed by atoms with Gasteiger partial charge in [-0.3, -0.25) is 0 Å². The lowest BCUT2D eigenvalue weighted by molar-refractivity contribution is 0.794. The molecule has 0 radical (unpaired) electrons. The van der Waals surface area contributed by atoms with Gasteiger partial charge in [0.25, 0.3) is 0 Å². The molecule has 1 unspecified atom stereocenters. The Morgan fingerprint density at radius 1 is 1.06 bits per heavy atom. The molecule has 16 heavy (non-hydrogen) atoms. The maximum Gasteiger partial charge on any atom is 0.0517 e. The standard InChI is InChI=1S/C15H26Si/c1-6-7-8-14-9-11-15(12-10-14)13(2)16(3,4)5/h9-13H,6-8H2,1-5H3. The Kier molecular flexibility index (Phi) is 4.79. The Morgan fingerprint density at radius 3 is 2.06 bits per heavy atom. The van der Waals surface area contributed by atoms with Gasteiger partial charge >= 0.3 is 0 Å². The lowest BCUT2D eigenvalue weighted by atomic mass is 10.1. The molecule has 0 heterocycles. The zero-order valence-electron chi connectivity index (χ0n) is 11.5. The first-order chi connectivity index (χ1) is 7.45. The molecule has 0 aliphatic heterocycles. The Balaban J connectivity index is 2.71. The zero-order valence-corrected chi connectivity index (χ0v) is 12.5. The fourth-order valence-corrected chi connectivity index (χ4v) is 3.05. The third kappa shape index (κ3) is 3.78. The third-order valence-corrected chi connectivity index (χ3v) is 6.53. The van der Waals surface area contributed by atoms with Crippen LogP contribution in [0.3, 0.4) is 0 Å². The third-order valence-electron chi connectivity index (χ3n) is 3.60. The topological polar surface area (TPSA) is 0 Å². The minimum atomic E-state index is -1.04.